The largest absolute Gasteiger partial charge is 0.489 e. The molecule has 0 radical (unpaired) electrons. The molecule has 2 aliphatic carbocycles. The molecular weight excluding hydrogens is 400 g/mol. The summed E-state index contributed by atoms with van der Waals surface area (Å²) >= 11 is 0. The minimum Gasteiger partial charge on any atom is -0.489 e. The molecule has 5 heteroatoms. The second kappa shape index (κ2) is 7.45. The number of hydrogen-bond donors (Lipinski definition) is 0. The number of carbonyl (C=O) groups excluding carboxylic acids is 2. The van der Waals surface area contributed by atoms with E-state index in [0.29, 0.717) is 6.61 Å². The molecule has 3 aliphatic rings. The minimum absolute atomic E-state index is 0.164. The van der Waals surface area contributed by atoms with Crippen molar-refractivity contribution in [1.82, 2.24) is 5.01 Å². The lowest BCUT2D eigenvalue weighted by molar-refractivity contribution is -0.140. The molecule has 1 aliphatic heterocycles. The SMILES string of the molecule is O=C1[C@H]2[C@H](C(=O)N1/N=C\c1ccc(OCc3cccc4ccccc34)cc1)[C@H]1C=C[C@H]2C1. The highest BCUT2D eigenvalue weighted by molar-refractivity contribution is 6.06. The molecule has 0 spiro atoms. The van der Waals surface area contributed by atoms with Crippen molar-refractivity contribution in [2.75, 3.05) is 0 Å². The highest BCUT2D eigenvalue weighted by Crippen LogP contribution is 2.52. The van der Waals surface area contributed by atoms with Crippen molar-refractivity contribution in [3.63, 3.8) is 0 Å². The molecule has 1 saturated heterocycles. The van der Waals surface area contributed by atoms with Gasteiger partial charge in [0.2, 0.25) is 0 Å². The summed E-state index contributed by atoms with van der Waals surface area (Å²) in [6, 6.07) is 22.0. The third kappa shape index (κ3) is 3.04. The number of allylic oxidation sites excluding steroid dienone is 2. The van der Waals surface area contributed by atoms with Gasteiger partial charge in [0, 0.05) is 0 Å². The maximum atomic E-state index is 12.7. The van der Waals surface area contributed by atoms with Crippen LogP contribution in [0, 0.1) is 23.7 Å². The molecule has 3 aromatic carbocycles. The Morgan fingerprint density at radius 3 is 2.31 bits per heavy atom. The van der Waals surface area contributed by atoms with Crippen molar-refractivity contribution in [3.8, 4) is 5.75 Å². The number of hydrazone groups is 1. The highest BCUT2D eigenvalue weighted by atomic mass is 16.5. The van der Waals surface area contributed by atoms with Crippen molar-refractivity contribution in [3.05, 3.63) is 90.0 Å². The third-order valence-electron chi connectivity index (χ3n) is 6.92. The van der Waals surface area contributed by atoms with Crippen LogP contribution in [0.2, 0.25) is 0 Å². The Hall–Kier alpha value is -3.73. The third-order valence-corrected chi connectivity index (χ3v) is 6.92. The standard InChI is InChI=1S/C27H22N2O3/c30-26-24-19-10-11-20(14-19)25(24)27(31)29(26)28-15-17-8-12-22(13-9-17)32-16-21-6-3-5-18-4-1-2-7-23(18)21/h1-13,15,19-20,24-25H,14,16H2/b28-15-/t19-,20-,24+,25+/m0/s1. The van der Waals surface area contributed by atoms with E-state index >= 15 is 0 Å². The molecule has 5 nitrogen and oxygen atoms in total. The molecule has 1 heterocycles. The molecule has 2 bridgehead atoms. The first-order chi connectivity index (χ1) is 15.7. The van der Waals surface area contributed by atoms with E-state index in [9.17, 15) is 9.59 Å². The van der Waals surface area contributed by atoms with Crippen LogP contribution >= 0.6 is 0 Å². The molecule has 32 heavy (non-hydrogen) atoms. The average Bonchev–Trinajstić information content (AvgIpc) is 3.51. The van der Waals surface area contributed by atoms with E-state index in [4.69, 9.17) is 4.74 Å². The number of fused-ring (bicyclic) bond motifs is 6. The topological polar surface area (TPSA) is 59.0 Å². The van der Waals surface area contributed by atoms with Crippen molar-refractivity contribution in [2.45, 2.75) is 13.0 Å². The molecular formula is C27H22N2O3. The van der Waals surface area contributed by atoms with Crippen LogP contribution in [-0.4, -0.2) is 23.0 Å². The van der Waals surface area contributed by atoms with E-state index in [1.807, 2.05) is 42.5 Å². The fourth-order valence-corrected chi connectivity index (χ4v) is 5.35. The number of ether oxygens (including phenoxy) is 1. The Bertz CT molecular complexity index is 1240. The van der Waals surface area contributed by atoms with Crippen LogP contribution in [0.3, 0.4) is 0 Å². The van der Waals surface area contributed by atoms with E-state index in [2.05, 4.69) is 41.5 Å². The fraction of sp³-hybridized carbons (Fsp3) is 0.222. The normalized spacial score (nSPS) is 25.9. The molecule has 3 aromatic rings. The number of nitrogens with zero attached hydrogens (tertiary/aromatic N) is 2. The highest BCUT2D eigenvalue weighted by Gasteiger charge is 2.59. The first kappa shape index (κ1) is 19.0. The van der Waals surface area contributed by atoms with Crippen LogP contribution in [-0.2, 0) is 16.2 Å². The van der Waals surface area contributed by atoms with Gasteiger partial charge in [-0.25, -0.2) is 0 Å². The van der Waals surface area contributed by atoms with E-state index < -0.39 is 0 Å². The maximum Gasteiger partial charge on any atom is 0.254 e. The summed E-state index contributed by atoms with van der Waals surface area (Å²) in [5.41, 5.74) is 1.94. The molecule has 0 unspecified atom stereocenters. The van der Waals surface area contributed by atoms with E-state index in [1.165, 1.54) is 10.8 Å². The van der Waals surface area contributed by atoms with E-state index in [1.54, 1.807) is 6.21 Å². The van der Waals surface area contributed by atoms with Crippen LogP contribution in [0.4, 0.5) is 0 Å². The summed E-state index contributed by atoms with van der Waals surface area (Å²) in [7, 11) is 0. The van der Waals surface area contributed by atoms with Crippen LogP contribution in [0.25, 0.3) is 10.8 Å². The maximum absolute atomic E-state index is 12.7. The number of benzene rings is 3. The van der Waals surface area contributed by atoms with Crippen molar-refractivity contribution in [1.29, 1.82) is 0 Å². The Morgan fingerprint density at radius 1 is 0.875 bits per heavy atom. The molecule has 4 atom stereocenters. The number of amides is 2. The van der Waals surface area contributed by atoms with Gasteiger partial charge in [-0.3, -0.25) is 9.59 Å². The molecule has 2 fully saturated rings. The van der Waals surface area contributed by atoms with Crippen molar-refractivity contribution in [2.24, 2.45) is 28.8 Å². The van der Waals surface area contributed by atoms with E-state index in [-0.39, 0.29) is 35.5 Å². The van der Waals surface area contributed by atoms with Gasteiger partial charge >= 0.3 is 0 Å². The smallest absolute Gasteiger partial charge is 0.254 e. The fourth-order valence-electron chi connectivity index (χ4n) is 5.35. The average molecular weight is 422 g/mol. The van der Waals surface area contributed by atoms with Gasteiger partial charge in [0.1, 0.15) is 12.4 Å². The summed E-state index contributed by atoms with van der Waals surface area (Å²) in [6.45, 7) is 0.477. The Kier molecular flexibility index (Phi) is 4.42. The molecule has 1 saturated carbocycles. The monoisotopic (exact) mass is 422 g/mol. The summed E-state index contributed by atoms with van der Waals surface area (Å²) < 4.78 is 5.98. The molecule has 6 rings (SSSR count). The summed E-state index contributed by atoms with van der Waals surface area (Å²) in [4.78, 5) is 25.4. The minimum atomic E-state index is -0.223. The van der Waals surface area contributed by atoms with Crippen LogP contribution in [0.15, 0.2) is 84.0 Å². The lowest BCUT2D eigenvalue weighted by Gasteiger charge is -2.13. The van der Waals surface area contributed by atoms with Crippen LogP contribution in [0.5, 0.6) is 5.75 Å². The second-order valence-corrected chi connectivity index (χ2v) is 8.73. The summed E-state index contributed by atoms with van der Waals surface area (Å²) in [5, 5.41) is 7.69. The zero-order chi connectivity index (χ0) is 21.7. The Morgan fingerprint density at radius 2 is 1.56 bits per heavy atom. The van der Waals surface area contributed by atoms with Gasteiger partial charge in [-0.2, -0.15) is 10.1 Å². The van der Waals surface area contributed by atoms with E-state index in [0.717, 1.165) is 28.3 Å². The number of hydrogen-bond acceptors (Lipinski definition) is 4. The van der Waals surface area contributed by atoms with Gasteiger partial charge < -0.3 is 4.74 Å². The quantitative estimate of drug-likeness (QED) is 0.344. The summed E-state index contributed by atoms with van der Waals surface area (Å²) in [6.07, 6.45) is 6.66. The van der Waals surface area contributed by atoms with Gasteiger partial charge in [0.25, 0.3) is 11.8 Å². The van der Waals surface area contributed by atoms with Gasteiger partial charge in [-0.1, -0.05) is 54.6 Å². The predicted octanol–water partition coefficient (Wildman–Crippen LogP) is 4.56. The second-order valence-electron chi connectivity index (χ2n) is 8.73. The molecule has 158 valence electrons. The van der Waals surface area contributed by atoms with Crippen molar-refractivity contribution < 1.29 is 14.3 Å². The van der Waals surface area contributed by atoms with Crippen molar-refractivity contribution >= 4 is 28.8 Å². The zero-order valence-corrected chi connectivity index (χ0v) is 17.4. The molecule has 2 amide bonds. The number of rotatable bonds is 5. The molecule has 0 N–H and O–H groups in total. The predicted molar refractivity (Wildman–Crippen MR) is 122 cm³/mol. The lowest BCUT2D eigenvalue weighted by atomic mass is 9.85. The van der Waals surface area contributed by atoms with Gasteiger partial charge in [0.15, 0.2) is 0 Å². The lowest BCUT2D eigenvalue weighted by Crippen LogP contribution is -2.28. The van der Waals surface area contributed by atoms with Gasteiger partial charge in [0.05, 0.1) is 18.1 Å². The first-order valence-corrected chi connectivity index (χ1v) is 11.0. The first-order valence-electron chi connectivity index (χ1n) is 11.0. The Labute approximate surface area is 186 Å². The number of carbonyl (C=O) groups is 2. The van der Waals surface area contributed by atoms with Crippen LogP contribution < -0.4 is 4.74 Å². The molecule has 0 aromatic heterocycles. The number of imide groups is 1. The Balaban J connectivity index is 1.12. The van der Waals surface area contributed by atoms with Gasteiger partial charge in [-0.05, 0) is 64.4 Å². The van der Waals surface area contributed by atoms with Crippen LogP contribution in [0.1, 0.15) is 17.5 Å². The van der Waals surface area contributed by atoms with Gasteiger partial charge in [-0.15, -0.1) is 0 Å². The summed E-state index contributed by atoms with van der Waals surface area (Å²) in [5.74, 6) is 0.366. The zero-order valence-electron chi connectivity index (χ0n) is 17.4.